The Kier molecular flexibility index (Phi) is 4.72. The van der Waals surface area contributed by atoms with Crippen LogP contribution in [0.25, 0.3) is 21.9 Å². The Hall–Kier alpha value is -2.92. The second kappa shape index (κ2) is 7.10. The van der Waals surface area contributed by atoms with E-state index in [0.717, 1.165) is 21.9 Å². The van der Waals surface area contributed by atoms with Crippen LogP contribution in [0.5, 0.6) is 5.75 Å². The molecule has 0 saturated carbocycles. The molecule has 0 aliphatic heterocycles. The molecule has 2 aromatic carbocycles. The van der Waals surface area contributed by atoms with Crippen LogP contribution in [0.15, 0.2) is 54.9 Å². The minimum atomic E-state index is -0.492. The molecule has 2 N–H and O–H groups in total. The molecule has 3 rings (SSSR count). The van der Waals surface area contributed by atoms with Gasteiger partial charge in [0.2, 0.25) is 5.91 Å². The van der Waals surface area contributed by atoms with Crippen LogP contribution in [0.3, 0.4) is 0 Å². The van der Waals surface area contributed by atoms with Gasteiger partial charge in [-0.1, -0.05) is 12.1 Å². The molecule has 5 nitrogen and oxygen atoms in total. The molecule has 0 saturated heterocycles. The van der Waals surface area contributed by atoms with Crippen LogP contribution >= 0.6 is 0 Å². The van der Waals surface area contributed by atoms with Crippen LogP contribution in [-0.4, -0.2) is 31.2 Å². The number of aromatic nitrogens is 1. The summed E-state index contributed by atoms with van der Waals surface area (Å²) in [5, 5.41) is 2.10. The van der Waals surface area contributed by atoms with Crippen LogP contribution in [0.1, 0.15) is 10.4 Å². The molecule has 5 heteroatoms. The summed E-state index contributed by atoms with van der Waals surface area (Å²) in [6.07, 6.45) is 3.55. The zero-order valence-electron chi connectivity index (χ0n) is 13.4. The number of carbonyl (C=O) groups excluding carboxylic acids is 1. The lowest BCUT2D eigenvalue weighted by Crippen LogP contribution is -2.13. The molecule has 0 fully saturated rings. The number of ether oxygens (including phenoxy) is 2. The van der Waals surface area contributed by atoms with E-state index >= 15 is 0 Å². The Labute approximate surface area is 140 Å². The van der Waals surface area contributed by atoms with E-state index in [2.05, 4.69) is 4.98 Å². The first-order valence-corrected chi connectivity index (χ1v) is 7.59. The lowest BCUT2D eigenvalue weighted by Gasteiger charge is -2.11. The normalized spacial score (nSPS) is 10.7. The second-order valence-electron chi connectivity index (χ2n) is 5.35. The summed E-state index contributed by atoms with van der Waals surface area (Å²) in [5.74, 6) is 0.0977. The third-order valence-electron chi connectivity index (χ3n) is 3.76. The van der Waals surface area contributed by atoms with Crippen molar-refractivity contribution in [2.45, 2.75) is 0 Å². The van der Waals surface area contributed by atoms with Crippen molar-refractivity contribution in [3.05, 3.63) is 60.4 Å². The molecule has 0 radical (unpaired) electrons. The molecule has 0 aliphatic carbocycles. The van der Waals surface area contributed by atoms with Gasteiger partial charge < -0.3 is 15.2 Å². The van der Waals surface area contributed by atoms with Crippen LogP contribution < -0.4 is 10.5 Å². The van der Waals surface area contributed by atoms with E-state index in [-0.39, 0.29) is 0 Å². The Balaban J connectivity index is 2.00. The first kappa shape index (κ1) is 16.0. The van der Waals surface area contributed by atoms with Crippen LogP contribution in [0, 0.1) is 0 Å². The number of pyridine rings is 1. The highest BCUT2D eigenvalue weighted by Gasteiger charge is 2.12. The lowest BCUT2D eigenvalue weighted by atomic mass is 9.97. The average Bonchev–Trinajstić information content (AvgIpc) is 2.61. The molecular weight excluding hydrogens is 304 g/mol. The zero-order chi connectivity index (χ0) is 16.9. The second-order valence-corrected chi connectivity index (χ2v) is 5.35. The number of benzene rings is 2. The van der Waals surface area contributed by atoms with Crippen molar-refractivity contribution in [3.8, 4) is 16.9 Å². The number of methoxy groups -OCH3 is 1. The topological polar surface area (TPSA) is 74.4 Å². The summed E-state index contributed by atoms with van der Waals surface area (Å²) in [5.41, 5.74) is 7.66. The number of carbonyl (C=O) groups is 1. The van der Waals surface area contributed by atoms with Gasteiger partial charge in [0.25, 0.3) is 0 Å². The maximum atomic E-state index is 11.9. The van der Waals surface area contributed by atoms with E-state index in [0.29, 0.717) is 24.5 Å². The van der Waals surface area contributed by atoms with Crippen molar-refractivity contribution in [1.82, 2.24) is 4.98 Å². The van der Waals surface area contributed by atoms with Crippen molar-refractivity contribution in [2.75, 3.05) is 20.3 Å². The average molecular weight is 322 g/mol. The fraction of sp³-hybridized carbons (Fsp3) is 0.158. The van der Waals surface area contributed by atoms with Crippen molar-refractivity contribution >= 4 is 16.7 Å². The van der Waals surface area contributed by atoms with Crippen LogP contribution in [-0.2, 0) is 4.74 Å². The third-order valence-corrected chi connectivity index (χ3v) is 3.76. The molecule has 1 amide bonds. The molecule has 3 aromatic rings. The molecule has 1 heterocycles. The molecule has 0 unspecified atom stereocenters. The number of hydrogen-bond acceptors (Lipinski definition) is 4. The number of fused-ring (bicyclic) bond motifs is 1. The standard InChI is InChI=1S/C19H18N2O3/c1-23-8-9-24-16-4-5-17(18(11-16)19(20)22)14-3-2-13-6-7-21-12-15(13)10-14/h2-7,10-12H,8-9H2,1H3,(H2,20,22). The van der Waals surface area contributed by atoms with E-state index in [4.69, 9.17) is 15.2 Å². The third kappa shape index (κ3) is 3.36. The van der Waals surface area contributed by atoms with Gasteiger partial charge in [0.15, 0.2) is 0 Å². The Morgan fingerprint density at radius 1 is 1.08 bits per heavy atom. The summed E-state index contributed by atoms with van der Waals surface area (Å²) < 4.78 is 10.5. The first-order valence-electron chi connectivity index (χ1n) is 7.59. The molecule has 0 atom stereocenters. The predicted molar refractivity (Wildman–Crippen MR) is 93.1 cm³/mol. The van der Waals surface area contributed by atoms with E-state index in [1.807, 2.05) is 36.4 Å². The monoisotopic (exact) mass is 322 g/mol. The minimum Gasteiger partial charge on any atom is -0.491 e. The van der Waals surface area contributed by atoms with Gasteiger partial charge in [-0.15, -0.1) is 0 Å². The van der Waals surface area contributed by atoms with Crippen molar-refractivity contribution in [2.24, 2.45) is 5.73 Å². The number of nitrogens with two attached hydrogens (primary N) is 1. The highest BCUT2D eigenvalue weighted by Crippen LogP contribution is 2.29. The zero-order valence-corrected chi connectivity index (χ0v) is 13.4. The summed E-state index contributed by atoms with van der Waals surface area (Å²) in [6.45, 7) is 0.890. The fourth-order valence-electron chi connectivity index (χ4n) is 2.56. The predicted octanol–water partition coefficient (Wildman–Crippen LogP) is 3.03. The van der Waals surface area contributed by atoms with E-state index < -0.39 is 5.91 Å². The van der Waals surface area contributed by atoms with Crippen molar-refractivity contribution in [1.29, 1.82) is 0 Å². The van der Waals surface area contributed by atoms with Gasteiger partial charge in [-0.25, -0.2) is 0 Å². The van der Waals surface area contributed by atoms with Gasteiger partial charge in [-0.05, 0) is 46.8 Å². The van der Waals surface area contributed by atoms with Crippen LogP contribution in [0.2, 0.25) is 0 Å². The van der Waals surface area contributed by atoms with Gasteiger partial charge in [-0.2, -0.15) is 0 Å². The molecule has 0 spiro atoms. The van der Waals surface area contributed by atoms with Crippen molar-refractivity contribution in [3.63, 3.8) is 0 Å². The molecular formula is C19H18N2O3. The smallest absolute Gasteiger partial charge is 0.249 e. The first-order chi connectivity index (χ1) is 11.7. The SMILES string of the molecule is COCCOc1ccc(-c2ccc3ccncc3c2)c(C(N)=O)c1. The van der Waals surface area contributed by atoms with Gasteiger partial charge in [-0.3, -0.25) is 9.78 Å². The maximum absolute atomic E-state index is 11.9. The molecule has 122 valence electrons. The van der Waals surface area contributed by atoms with E-state index in [1.54, 1.807) is 25.6 Å². The highest BCUT2D eigenvalue weighted by atomic mass is 16.5. The number of nitrogens with zero attached hydrogens (tertiary/aromatic N) is 1. The van der Waals surface area contributed by atoms with Gasteiger partial charge in [0.1, 0.15) is 12.4 Å². The Morgan fingerprint density at radius 3 is 2.75 bits per heavy atom. The summed E-state index contributed by atoms with van der Waals surface area (Å²) in [6, 6.07) is 13.2. The summed E-state index contributed by atoms with van der Waals surface area (Å²) >= 11 is 0. The number of amides is 1. The summed E-state index contributed by atoms with van der Waals surface area (Å²) in [7, 11) is 1.61. The number of hydrogen-bond donors (Lipinski definition) is 1. The molecule has 1 aromatic heterocycles. The van der Waals surface area contributed by atoms with E-state index in [1.165, 1.54) is 0 Å². The lowest BCUT2D eigenvalue weighted by molar-refractivity contribution is 0.1000. The largest absolute Gasteiger partial charge is 0.491 e. The van der Waals surface area contributed by atoms with Crippen molar-refractivity contribution < 1.29 is 14.3 Å². The van der Waals surface area contributed by atoms with Gasteiger partial charge in [0, 0.05) is 24.9 Å². The maximum Gasteiger partial charge on any atom is 0.249 e. The molecule has 0 bridgehead atoms. The minimum absolute atomic E-state index is 0.412. The molecule has 24 heavy (non-hydrogen) atoms. The summed E-state index contributed by atoms with van der Waals surface area (Å²) in [4.78, 5) is 16.0. The fourth-order valence-corrected chi connectivity index (χ4v) is 2.56. The quantitative estimate of drug-likeness (QED) is 0.708. The highest BCUT2D eigenvalue weighted by molar-refractivity contribution is 6.01. The Bertz CT molecular complexity index is 877. The number of rotatable bonds is 6. The molecule has 0 aliphatic rings. The van der Waals surface area contributed by atoms with Crippen LogP contribution in [0.4, 0.5) is 0 Å². The number of primary amides is 1. The van der Waals surface area contributed by atoms with Gasteiger partial charge >= 0.3 is 0 Å². The Morgan fingerprint density at radius 2 is 1.96 bits per heavy atom. The van der Waals surface area contributed by atoms with E-state index in [9.17, 15) is 4.79 Å². The van der Waals surface area contributed by atoms with Gasteiger partial charge in [0.05, 0.1) is 12.2 Å².